The van der Waals surface area contributed by atoms with Crippen molar-refractivity contribution in [2.75, 3.05) is 25.0 Å². The molecule has 2 nitrogen and oxygen atoms in total. The molecule has 0 bridgehead atoms. The molecule has 0 radical (unpaired) electrons. The van der Waals surface area contributed by atoms with Crippen molar-refractivity contribution in [2.45, 2.75) is 6.04 Å². The second-order valence-corrected chi connectivity index (χ2v) is 4.45. The number of hydrogen-bond donors (Lipinski definition) is 1. The van der Waals surface area contributed by atoms with Gasteiger partial charge in [0.1, 0.15) is 0 Å². The SMILES string of the molecule is CN(c1ccc2ccccc2c1)C1CNC1. The minimum atomic E-state index is 0.654. The lowest BCUT2D eigenvalue weighted by atomic mass is 10.1. The van der Waals surface area contributed by atoms with Gasteiger partial charge in [0.05, 0.1) is 6.04 Å². The number of fused-ring (bicyclic) bond motifs is 1. The third-order valence-corrected chi connectivity index (χ3v) is 3.45. The van der Waals surface area contributed by atoms with E-state index < -0.39 is 0 Å². The van der Waals surface area contributed by atoms with Crippen molar-refractivity contribution >= 4 is 16.5 Å². The maximum Gasteiger partial charge on any atom is 0.0535 e. The zero-order valence-electron chi connectivity index (χ0n) is 9.48. The van der Waals surface area contributed by atoms with Crippen LogP contribution in [0.5, 0.6) is 0 Å². The van der Waals surface area contributed by atoms with Gasteiger partial charge >= 0.3 is 0 Å². The summed E-state index contributed by atoms with van der Waals surface area (Å²) in [7, 11) is 2.18. The molecule has 82 valence electrons. The highest BCUT2D eigenvalue weighted by Crippen LogP contribution is 2.23. The van der Waals surface area contributed by atoms with Gasteiger partial charge in [-0.25, -0.2) is 0 Å². The van der Waals surface area contributed by atoms with E-state index in [4.69, 9.17) is 0 Å². The highest BCUT2D eigenvalue weighted by molar-refractivity contribution is 5.85. The van der Waals surface area contributed by atoms with Gasteiger partial charge in [-0.05, 0) is 22.9 Å². The van der Waals surface area contributed by atoms with E-state index in [1.807, 2.05) is 0 Å². The summed E-state index contributed by atoms with van der Waals surface area (Å²) < 4.78 is 0. The lowest BCUT2D eigenvalue weighted by Gasteiger charge is -2.37. The maximum absolute atomic E-state index is 3.31. The molecule has 2 heteroatoms. The fraction of sp³-hybridized carbons (Fsp3) is 0.286. The second kappa shape index (κ2) is 3.80. The Morgan fingerprint density at radius 2 is 1.81 bits per heavy atom. The first-order valence-electron chi connectivity index (χ1n) is 5.77. The largest absolute Gasteiger partial charge is 0.369 e. The molecule has 0 saturated carbocycles. The van der Waals surface area contributed by atoms with Crippen molar-refractivity contribution in [1.82, 2.24) is 5.32 Å². The molecule has 3 rings (SSSR count). The number of nitrogens with zero attached hydrogens (tertiary/aromatic N) is 1. The molecule has 0 spiro atoms. The minimum absolute atomic E-state index is 0.654. The van der Waals surface area contributed by atoms with Gasteiger partial charge in [0, 0.05) is 25.8 Å². The van der Waals surface area contributed by atoms with Crippen LogP contribution in [0.1, 0.15) is 0 Å². The third kappa shape index (κ3) is 1.55. The van der Waals surface area contributed by atoms with Gasteiger partial charge in [-0.3, -0.25) is 0 Å². The predicted molar refractivity (Wildman–Crippen MR) is 69.0 cm³/mol. The Morgan fingerprint density at radius 1 is 1.06 bits per heavy atom. The van der Waals surface area contributed by atoms with Crippen LogP contribution < -0.4 is 10.2 Å². The Bertz CT molecular complexity index is 503. The van der Waals surface area contributed by atoms with Gasteiger partial charge in [0.25, 0.3) is 0 Å². The summed E-state index contributed by atoms with van der Waals surface area (Å²) in [6, 6.07) is 15.8. The van der Waals surface area contributed by atoms with Crippen LogP contribution in [0.2, 0.25) is 0 Å². The highest BCUT2D eigenvalue weighted by Gasteiger charge is 2.21. The summed E-state index contributed by atoms with van der Waals surface area (Å²) >= 11 is 0. The number of benzene rings is 2. The summed E-state index contributed by atoms with van der Waals surface area (Å²) in [6.07, 6.45) is 0. The van der Waals surface area contributed by atoms with E-state index in [1.54, 1.807) is 0 Å². The van der Waals surface area contributed by atoms with Gasteiger partial charge in [0.15, 0.2) is 0 Å². The van der Waals surface area contributed by atoms with E-state index in [0.29, 0.717) is 6.04 Å². The molecule has 0 amide bonds. The quantitative estimate of drug-likeness (QED) is 0.821. The van der Waals surface area contributed by atoms with Gasteiger partial charge in [0.2, 0.25) is 0 Å². The van der Waals surface area contributed by atoms with Crippen LogP contribution in [0, 0.1) is 0 Å². The van der Waals surface area contributed by atoms with E-state index in [-0.39, 0.29) is 0 Å². The Labute approximate surface area is 95.9 Å². The molecule has 1 saturated heterocycles. The molecule has 0 aliphatic carbocycles. The van der Waals surface area contributed by atoms with Crippen molar-refractivity contribution < 1.29 is 0 Å². The van der Waals surface area contributed by atoms with Crippen LogP contribution in [0.15, 0.2) is 42.5 Å². The number of hydrogen-bond acceptors (Lipinski definition) is 2. The highest BCUT2D eigenvalue weighted by atomic mass is 15.2. The molecule has 0 atom stereocenters. The van der Waals surface area contributed by atoms with Crippen LogP contribution in [0.25, 0.3) is 10.8 Å². The Balaban J connectivity index is 1.97. The molecule has 1 N–H and O–H groups in total. The van der Waals surface area contributed by atoms with Crippen LogP contribution in [0.4, 0.5) is 5.69 Å². The average Bonchev–Trinajstić information content (AvgIpc) is 2.26. The van der Waals surface area contributed by atoms with Crippen LogP contribution in [-0.2, 0) is 0 Å². The normalized spacial score (nSPS) is 16.1. The molecular formula is C14H16N2. The van der Waals surface area contributed by atoms with Crippen molar-refractivity contribution in [3.05, 3.63) is 42.5 Å². The number of anilines is 1. The van der Waals surface area contributed by atoms with E-state index in [2.05, 4.69) is 59.7 Å². The molecule has 16 heavy (non-hydrogen) atoms. The smallest absolute Gasteiger partial charge is 0.0535 e. The number of nitrogens with one attached hydrogen (secondary N) is 1. The molecule has 0 unspecified atom stereocenters. The topological polar surface area (TPSA) is 15.3 Å². The van der Waals surface area contributed by atoms with Gasteiger partial charge < -0.3 is 10.2 Å². The predicted octanol–water partition coefficient (Wildman–Crippen LogP) is 2.25. The molecule has 2 aromatic rings. The molecule has 1 aliphatic heterocycles. The molecular weight excluding hydrogens is 196 g/mol. The van der Waals surface area contributed by atoms with Crippen LogP contribution >= 0.6 is 0 Å². The Morgan fingerprint density at radius 3 is 2.50 bits per heavy atom. The Hall–Kier alpha value is -1.54. The first-order valence-corrected chi connectivity index (χ1v) is 5.77. The fourth-order valence-electron chi connectivity index (χ4n) is 2.15. The minimum Gasteiger partial charge on any atom is -0.369 e. The van der Waals surface area contributed by atoms with E-state index in [9.17, 15) is 0 Å². The van der Waals surface area contributed by atoms with Crippen molar-refractivity contribution in [3.8, 4) is 0 Å². The van der Waals surface area contributed by atoms with Gasteiger partial charge in [-0.15, -0.1) is 0 Å². The molecule has 1 aliphatic rings. The Kier molecular flexibility index (Phi) is 2.29. The maximum atomic E-state index is 3.31. The molecule has 1 fully saturated rings. The van der Waals surface area contributed by atoms with E-state index in [1.165, 1.54) is 16.5 Å². The van der Waals surface area contributed by atoms with E-state index in [0.717, 1.165) is 13.1 Å². The van der Waals surface area contributed by atoms with Gasteiger partial charge in [-0.2, -0.15) is 0 Å². The summed E-state index contributed by atoms with van der Waals surface area (Å²) in [4.78, 5) is 2.36. The van der Waals surface area contributed by atoms with Crippen LogP contribution in [0.3, 0.4) is 0 Å². The zero-order chi connectivity index (χ0) is 11.0. The summed E-state index contributed by atoms with van der Waals surface area (Å²) in [5.41, 5.74) is 1.31. The molecule has 0 aromatic heterocycles. The fourth-order valence-corrected chi connectivity index (χ4v) is 2.15. The second-order valence-electron chi connectivity index (χ2n) is 4.45. The van der Waals surface area contributed by atoms with Gasteiger partial charge in [-0.1, -0.05) is 30.3 Å². The van der Waals surface area contributed by atoms with Crippen LogP contribution in [-0.4, -0.2) is 26.2 Å². The summed E-state index contributed by atoms with van der Waals surface area (Å²) in [5, 5.41) is 5.94. The first-order chi connectivity index (χ1) is 7.84. The van der Waals surface area contributed by atoms with Crippen molar-refractivity contribution in [2.24, 2.45) is 0 Å². The summed E-state index contributed by atoms with van der Waals surface area (Å²) in [5.74, 6) is 0. The average molecular weight is 212 g/mol. The lowest BCUT2D eigenvalue weighted by molar-refractivity contribution is 0.429. The standard InChI is InChI=1S/C14H16N2/c1-16(14-9-15-10-14)13-7-6-11-4-2-3-5-12(11)8-13/h2-8,14-15H,9-10H2,1H3. The summed E-state index contributed by atoms with van der Waals surface area (Å²) in [6.45, 7) is 2.20. The monoisotopic (exact) mass is 212 g/mol. The third-order valence-electron chi connectivity index (χ3n) is 3.45. The van der Waals surface area contributed by atoms with Crippen molar-refractivity contribution in [1.29, 1.82) is 0 Å². The number of likely N-dealkylation sites (N-methyl/N-ethyl adjacent to an activating group) is 1. The lowest BCUT2D eigenvalue weighted by Crippen LogP contribution is -2.56. The van der Waals surface area contributed by atoms with Crippen molar-refractivity contribution in [3.63, 3.8) is 0 Å². The molecule has 2 aromatic carbocycles. The number of rotatable bonds is 2. The first kappa shape index (κ1) is 9.67. The zero-order valence-corrected chi connectivity index (χ0v) is 9.48. The van der Waals surface area contributed by atoms with E-state index >= 15 is 0 Å². The molecule has 1 heterocycles.